The highest BCUT2D eigenvalue weighted by Gasteiger charge is 2.23. The van der Waals surface area contributed by atoms with Crippen molar-refractivity contribution in [3.05, 3.63) is 52.4 Å². The van der Waals surface area contributed by atoms with E-state index in [-0.39, 0.29) is 23.2 Å². The number of carbonyl (C=O) groups excluding carboxylic acids is 1. The zero-order chi connectivity index (χ0) is 16.2. The minimum absolute atomic E-state index is 0.137. The Morgan fingerprint density at radius 1 is 1.22 bits per heavy atom. The quantitative estimate of drug-likeness (QED) is 0.904. The molecule has 6 heteroatoms. The van der Waals surface area contributed by atoms with E-state index in [9.17, 15) is 9.59 Å². The predicted molar refractivity (Wildman–Crippen MR) is 86.9 cm³/mol. The fourth-order valence-electron chi connectivity index (χ4n) is 2.99. The van der Waals surface area contributed by atoms with Crippen molar-refractivity contribution < 1.29 is 9.53 Å². The maximum Gasteiger partial charge on any atom is 0.271 e. The van der Waals surface area contributed by atoms with Crippen molar-refractivity contribution in [2.75, 3.05) is 7.11 Å². The van der Waals surface area contributed by atoms with Gasteiger partial charge in [-0.25, -0.2) is 4.68 Å². The largest absolute Gasteiger partial charge is 0.381 e. The monoisotopic (exact) mass is 315 g/mol. The van der Waals surface area contributed by atoms with E-state index in [1.807, 2.05) is 30.3 Å². The lowest BCUT2D eigenvalue weighted by atomic mass is 9.93. The summed E-state index contributed by atoms with van der Waals surface area (Å²) in [5, 5.41) is 5.87. The summed E-state index contributed by atoms with van der Waals surface area (Å²) in [7, 11) is 1.72. The van der Waals surface area contributed by atoms with Gasteiger partial charge in [-0.3, -0.25) is 14.7 Å². The molecule has 6 nitrogen and oxygen atoms in total. The smallest absolute Gasteiger partial charge is 0.271 e. The Bertz CT molecular complexity index is 712. The minimum Gasteiger partial charge on any atom is -0.381 e. The summed E-state index contributed by atoms with van der Waals surface area (Å²) in [5.41, 5.74) is 0.745. The summed E-state index contributed by atoms with van der Waals surface area (Å²) in [4.78, 5) is 24.4. The third-order valence-electron chi connectivity index (χ3n) is 4.32. The Hall–Kier alpha value is -2.34. The van der Waals surface area contributed by atoms with Crippen LogP contribution in [0.1, 0.15) is 36.2 Å². The van der Waals surface area contributed by atoms with Crippen molar-refractivity contribution in [1.82, 2.24) is 15.1 Å². The summed E-state index contributed by atoms with van der Waals surface area (Å²) >= 11 is 0. The molecule has 1 fully saturated rings. The number of rotatable bonds is 4. The molecule has 0 saturated heterocycles. The maximum absolute atomic E-state index is 12.3. The summed E-state index contributed by atoms with van der Waals surface area (Å²) in [6, 6.07) is 10.7. The van der Waals surface area contributed by atoms with Crippen LogP contribution in [0, 0.1) is 0 Å². The van der Waals surface area contributed by atoms with Crippen molar-refractivity contribution in [2.24, 2.45) is 0 Å². The number of benzene rings is 1. The second-order valence-corrected chi connectivity index (χ2v) is 5.86. The normalized spacial score (nSPS) is 21.1. The lowest BCUT2D eigenvalue weighted by Crippen LogP contribution is -2.39. The zero-order valence-corrected chi connectivity index (χ0v) is 13.1. The number of ether oxygens (including phenoxy) is 1. The van der Waals surface area contributed by atoms with Crippen LogP contribution < -0.4 is 10.9 Å². The van der Waals surface area contributed by atoms with Crippen LogP contribution in [0.3, 0.4) is 0 Å². The van der Waals surface area contributed by atoms with Crippen LogP contribution in [-0.2, 0) is 4.74 Å². The standard InChI is InChI=1S/C17H21N3O3/c1-23-14-9-7-12(8-10-14)18-17(22)15-11-16(21)20(19-15)13-5-3-2-4-6-13/h2-6,11-12,14,19H,7-10H2,1H3,(H,18,22). The molecule has 1 amide bonds. The first-order valence-corrected chi connectivity index (χ1v) is 7.88. The third kappa shape index (κ3) is 3.53. The van der Waals surface area contributed by atoms with E-state index in [4.69, 9.17) is 4.74 Å². The molecule has 3 rings (SSSR count). The van der Waals surface area contributed by atoms with E-state index >= 15 is 0 Å². The molecule has 0 aliphatic heterocycles. The number of amides is 1. The first-order chi connectivity index (χ1) is 11.2. The Labute approximate surface area is 134 Å². The first-order valence-electron chi connectivity index (χ1n) is 7.88. The van der Waals surface area contributed by atoms with Gasteiger partial charge in [-0.05, 0) is 37.8 Å². The number of methoxy groups -OCH3 is 1. The summed E-state index contributed by atoms with van der Waals surface area (Å²) in [5.74, 6) is -0.238. The van der Waals surface area contributed by atoms with Gasteiger partial charge in [0.05, 0.1) is 11.8 Å². The van der Waals surface area contributed by atoms with Crippen molar-refractivity contribution in [3.8, 4) is 5.69 Å². The Balaban J connectivity index is 1.68. The molecule has 0 bridgehead atoms. The number of hydrogen-bond acceptors (Lipinski definition) is 3. The number of para-hydroxylation sites is 1. The molecular formula is C17H21N3O3. The minimum atomic E-state index is -0.246. The lowest BCUT2D eigenvalue weighted by molar-refractivity contribution is 0.0598. The molecule has 1 heterocycles. The van der Waals surface area contributed by atoms with Crippen molar-refractivity contribution >= 4 is 5.91 Å². The van der Waals surface area contributed by atoms with Crippen molar-refractivity contribution in [3.63, 3.8) is 0 Å². The second kappa shape index (κ2) is 6.83. The molecular weight excluding hydrogens is 294 g/mol. The molecule has 0 atom stereocenters. The summed E-state index contributed by atoms with van der Waals surface area (Å²) in [6.45, 7) is 0. The van der Waals surface area contributed by atoms with Crippen LogP contribution >= 0.6 is 0 Å². The second-order valence-electron chi connectivity index (χ2n) is 5.86. The Morgan fingerprint density at radius 3 is 2.57 bits per heavy atom. The van der Waals surface area contributed by atoms with Crippen LogP contribution in [0.25, 0.3) is 5.69 Å². The number of carbonyl (C=O) groups is 1. The Kier molecular flexibility index (Phi) is 4.62. The zero-order valence-electron chi connectivity index (χ0n) is 13.1. The molecule has 1 aromatic heterocycles. The first kappa shape index (κ1) is 15.6. The lowest BCUT2D eigenvalue weighted by Gasteiger charge is -2.27. The average molecular weight is 315 g/mol. The molecule has 0 unspecified atom stereocenters. The number of hydrogen-bond donors (Lipinski definition) is 2. The highest BCUT2D eigenvalue weighted by atomic mass is 16.5. The molecule has 1 saturated carbocycles. The van der Waals surface area contributed by atoms with Gasteiger partial charge in [0.2, 0.25) is 0 Å². The molecule has 2 N–H and O–H groups in total. The molecule has 122 valence electrons. The maximum atomic E-state index is 12.3. The van der Waals surface area contributed by atoms with Crippen LogP contribution in [0.2, 0.25) is 0 Å². The van der Waals surface area contributed by atoms with Gasteiger partial charge < -0.3 is 10.1 Å². The van der Waals surface area contributed by atoms with E-state index < -0.39 is 0 Å². The van der Waals surface area contributed by atoms with Gasteiger partial charge in [0, 0.05) is 19.2 Å². The molecule has 1 aliphatic rings. The van der Waals surface area contributed by atoms with Crippen LogP contribution in [0.5, 0.6) is 0 Å². The van der Waals surface area contributed by atoms with Crippen molar-refractivity contribution in [2.45, 2.75) is 37.8 Å². The molecule has 1 aromatic carbocycles. The summed E-state index contributed by atoms with van der Waals surface area (Å²) in [6.07, 6.45) is 3.98. The molecule has 2 aromatic rings. The van der Waals surface area contributed by atoms with E-state index in [1.54, 1.807) is 7.11 Å². The fourth-order valence-corrected chi connectivity index (χ4v) is 2.99. The third-order valence-corrected chi connectivity index (χ3v) is 4.32. The van der Waals surface area contributed by atoms with E-state index in [0.717, 1.165) is 25.7 Å². The van der Waals surface area contributed by atoms with Gasteiger partial charge in [-0.15, -0.1) is 0 Å². The number of aromatic amines is 1. The van der Waals surface area contributed by atoms with Gasteiger partial charge >= 0.3 is 0 Å². The highest BCUT2D eigenvalue weighted by Crippen LogP contribution is 2.20. The van der Waals surface area contributed by atoms with Crippen molar-refractivity contribution in [1.29, 1.82) is 0 Å². The predicted octanol–water partition coefficient (Wildman–Crippen LogP) is 1.85. The fraction of sp³-hybridized carbons (Fsp3) is 0.412. The number of H-pyrrole nitrogens is 1. The molecule has 0 radical (unpaired) electrons. The van der Waals surface area contributed by atoms with Gasteiger partial charge in [-0.1, -0.05) is 18.2 Å². The topological polar surface area (TPSA) is 76.1 Å². The van der Waals surface area contributed by atoms with Gasteiger partial charge in [-0.2, -0.15) is 0 Å². The molecule has 23 heavy (non-hydrogen) atoms. The molecule has 1 aliphatic carbocycles. The number of nitrogens with zero attached hydrogens (tertiary/aromatic N) is 1. The summed E-state index contributed by atoms with van der Waals surface area (Å²) < 4.78 is 6.71. The van der Waals surface area contributed by atoms with Gasteiger partial charge in [0.15, 0.2) is 0 Å². The van der Waals surface area contributed by atoms with Crippen LogP contribution in [0.15, 0.2) is 41.2 Å². The van der Waals surface area contributed by atoms with E-state index in [2.05, 4.69) is 10.4 Å². The number of nitrogens with one attached hydrogen (secondary N) is 2. The highest BCUT2D eigenvalue weighted by molar-refractivity contribution is 5.92. The number of aromatic nitrogens is 2. The SMILES string of the molecule is COC1CCC(NC(=O)c2cc(=O)n(-c3ccccc3)[nH]2)CC1. The van der Waals surface area contributed by atoms with Crippen LogP contribution in [0.4, 0.5) is 0 Å². The van der Waals surface area contributed by atoms with Crippen LogP contribution in [-0.4, -0.2) is 34.9 Å². The van der Waals surface area contributed by atoms with E-state index in [1.165, 1.54) is 10.7 Å². The molecule has 0 spiro atoms. The van der Waals surface area contributed by atoms with Gasteiger partial charge in [0.1, 0.15) is 5.69 Å². The van der Waals surface area contributed by atoms with Gasteiger partial charge in [0.25, 0.3) is 11.5 Å². The Morgan fingerprint density at radius 2 is 1.91 bits per heavy atom. The average Bonchev–Trinajstić information content (AvgIpc) is 2.98. The van der Waals surface area contributed by atoms with E-state index in [0.29, 0.717) is 11.8 Å².